The van der Waals surface area contributed by atoms with Gasteiger partial charge in [-0.15, -0.1) is 0 Å². The van der Waals surface area contributed by atoms with Gasteiger partial charge in [-0.1, -0.05) is 0 Å². The maximum absolute atomic E-state index is 12.6. The van der Waals surface area contributed by atoms with E-state index in [1.54, 1.807) is 13.8 Å². The highest BCUT2D eigenvalue weighted by Gasteiger charge is 2.37. The molecule has 112 valence electrons. The molecule has 1 aliphatic rings. The first kappa shape index (κ1) is 16.2. The summed E-state index contributed by atoms with van der Waals surface area (Å²) in [5, 5.41) is 9.64. The van der Waals surface area contributed by atoms with Gasteiger partial charge in [-0.2, -0.15) is 13.2 Å². The number of aliphatic hydroxyl groups is 1. The number of aliphatic hydroxyl groups excluding tert-OH is 1. The molecule has 1 aromatic rings. The van der Waals surface area contributed by atoms with Gasteiger partial charge in [-0.3, -0.25) is 4.90 Å². The summed E-state index contributed by atoms with van der Waals surface area (Å²) in [6.07, 6.45) is -3.39. The number of aromatic nitrogens is 1. The zero-order chi connectivity index (χ0) is 15.5. The van der Waals surface area contributed by atoms with Crippen LogP contribution >= 0.6 is 0 Å². The zero-order valence-electron chi connectivity index (χ0n) is 11.3. The van der Waals surface area contributed by atoms with Crippen molar-refractivity contribution in [1.82, 2.24) is 10.3 Å². The number of carbonyl (C=O) groups excluding carboxylic acids is 1. The van der Waals surface area contributed by atoms with Gasteiger partial charge < -0.3 is 10.4 Å². The number of carbonyl (C=O) groups is 1. The Morgan fingerprint density at radius 3 is 2.40 bits per heavy atom. The van der Waals surface area contributed by atoms with E-state index in [0.29, 0.717) is 0 Å². The van der Waals surface area contributed by atoms with Crippen molar-refractivity contribution in [3.8, 4) is 0 Å². The summed E-state index contributed by atoms with van der Waals surface area (Å²) in [7, 11) is 1.00. The van der Waals surface area contributed by atoms with Crippen molar-refractivity contribution in [2.75, 3.05) is 12.0 Å². The third-order valence-electron chi connectivity index (χ3n) is 3.02. The van der Waals surface area contributed by atoms with Gasteiger partial charge in [0.1, 0.15) is 5.82 Å². The van der Waals surface area contributed by atoms with Crippen molar-refractivity contribution in [1.29, 1.82) is 0 Å². The molecule has 2 heterocycles. The molecule has 0 spiro atoms. The zero-order valence-corrected chi connectivity index (χ0v) is 11.3. The first-order chi connectivity index (χ1) is 9.30. The topological polar surface area (TPSA) is 65.5 Å². The Hall–Kier alpha value is -1.83. The fraction of sp³-hybridized carbons (Fsp3) is 0.500. The number of hydrogen-bond donors (Lipinski definition) is 2. The number of hydrogen-bond acceptors (Lipinski definition) is 3. The molecular weight excluding hydrogens is 275 g/mol. The van der Waals surface area contributed by atoms with E-state index in [9.17, 15) is 18.0 Å². The van der Waals surface area contributed by atoms with Gasteiger partial charge in [-0.05, 0) is 26.0 Å². The molecule has 5 nitrogen and oxygen atoms in total. The Morgan fingerprint density at radius 1 is 1.35 bits per heavy atom. The fourth-order valence-electron chi connectivity index (χ4n) is 1.83. The van der Waals surface area contributed by atoms with E-state index < -0.39 is 17.8 Å². The number of rotatable bonds is 1. The van der Waals surface area contributed by atoms with Crippen LogP contribution in [0.3, 0.4) is 0 Å². The van der Waals surface area contributed by atoms with Crippen LogP contribution in [0.1, 0.15) is 19.4 Å². The summed E-state index contributed by atoms with van der Waals surface area (Å²) in [4.78, 5) is 16.7. The van der Waals surface area contributed by atoms with E-state index in [1.165, 1.54) is 4.90 Å². The predicted octanol–water partition coefficient (Wildman–Crippen LogP) is 2.02. The van der Waals surface area contributed by atoms with Crippen LogP contribution < -0.4 is 10.2 Å². The minimum Gasteiger partial charge on any atom is -0.400 e. The largest absolute Gasteiger partial charge is 0.416 e. The quantitative estimate of drug-likeness (QED) is 0.832. The second-order valence-electron chi connectivity index (χ2n) is 4.25. The van der Waals surface area contributed by atoms with Crippen LogP contribution in [0.5, 0.6) is 0 Å². The van der Waals surface area contributed by atoms with Crippen LogP contribution in [0.4, 0.5) is 23.8 Å². The van der Waals surface area contributed by atoms with E-state index in [1.807, 2.05) is 0 Å². The standard InChI is InChI=1S/C11H12F3N3O.CH4O/c1-6-7(2)17(10(18)16-6)9-5-8(3-4-15-9)11(12,13)14;1-2/h3-7H,1-2H3,(H,16,18);2H,1H3. The van der Waals surface area contributed by atoms with Crippen LogP contribution in [0.15, 0.2) is 18.3 Å². The molecule has 1 fully saturated rings. The highest BCUT2D eigenvalue weighted by Crippen LogP contribution is 2.31. The number of nitrogens with zero attached hydrogens (tertiary/aromatic N) is 2. The minimum absolute atomic E-state index is 0.0131. The Morgan fingerprint density at radius 2 is 1.95 bits per heavy atom. The molecule has 20 heavy (non-hydrogen) atoms. The molecule has 0 aliphatic carbocycles. The maximum Gasteiger partial charge on any atom is 0.416 e. The molecule has 2 N–H and O–H groups in total. The lowest BCUT2D eigenvalue weighted by atomic mass is 10.2. The number of anilines is 1. The Bertz CT molecular complexity index is 479. The van der Waals surface area contributed by atoms with E-state index in [-0.39, 0.29) is 17.9 Å². The van der Waals surface area contributed by atoms with E-state index >= 15 is 0 Å². The lowest BCUT2D eigenvalue weighted by Gasteiger charge is -2.21. The lowest BCUT2D eigenvalue weighted by Crippen LogP contribution is -2.34. The van der Waals surface area contributed by atoms with Gasteiger partial charge in [0.25, 0.3) is 0 Å². The normalized spacial score (nSPS) is 22.1. The van der Waals surface area contributed by atoms with Gasteiger partial charge in [0.15, 0.2) is 0 Å². The molecule has 0 radical (unpaired) electrons. The number of alkyl halides is 3. The molecule has 0 aromatic carbocycles. The number of nitrogens with one attached hydrogen (secondary N) is 1. The molecule has 8 heteroatoms. The SMILES string of the molecule is CC1NC(=O)N(c2cc(C(F)(F)F)ccn2)C1C.CO. The van der Waals surface area contributed by atoms with Gasteiger partial charge in [0.2, 0.25) is 0 Å². The van der Waals surface area contributed by atoms with Crippen LogP contribution in [0.25, 0.3) is 0 Å². The lowest BCUT2D eigenvalue weighted by molar-refractivity contribution is -0.137. The van der Waals surface area contributed by atoms with E-state index in [4.69, 9.17) is 5.11 Å². The van der Waals surface area contributed by atoms with Crippen molar-refractivity contribution in [2.45, 2.75) is 32.1 Å². The van der Waals surface area contributed by atoms with Crippen molar-refractivity contribution in [3.05, 3.63) is 23.9 Å². The van der Waals surface area contributed by atoms with Crippen molar-refractivity contribution in [3.63, 3.8) is 0 Å². The summed E-state index contributed by atoms with van der Waals surface area (Å²) in [5.74, 6) is 0.0131. The molecule has 0 saturated carbocycles. The highest BCUT2D eigenvalue weighted by atomic mass is 19.4. The van der Waals surface area contributed by atoms with Crippen LogP contribution in [-0.4, -0.2) is 35.3 Å². The third kappa shape index (κ3) is 3.19. The van der Waals surface area contributed by atoms with Crippen LogP contribution in [0.2, 0.25) is 0 Å². The maximum atomic E-state index is 12.6. The second-order valence-corrected chi connectivity index (χ2v) is 4.25. The molecule has 2 atom stereocenters. The van der Waals surface area contributed by atoms with Crippen LogP contribution in [0, 0.1) is 0 Å². The fourth-order valence-corrected chi connectivity index (χ4v) is 1.83. The molecule has 2 rings (SSSR count). The first-order valence-corrected chi connectivity index (χ1v) is 5.88. The Labute approximate surface area is 114 Å². The number of urea groups is 1. The molecule has 1 aliphatic heterocycles. The Kier molecular flexibility index (Phi) is 4.93. The van der Waals surface area contributed by atoms with Crippen molar-refractivity contribution in [2.24, 2.45) is 0 Å². The van der Waals surface area contributed by atoms with E-state index in [0.717, 1.165) is 25.4 Å². The average molecular weight is 291 g/mol. The predicted molar refractivity (Wildman–Crippen MR) is 67.3 cm³/mol. The van der Waals surface area contributed by atoms with Gasteiger partial charge in [-0.25, -0.2) is 9.78 Å². The van der Waals surface area contributed by atoms with Crippen molar-refractivity contribution >= 4 is 11.8 Å². The molecular formula is C12H16F3N3O2. The second kappa shape index (κ2) is 6.08. The summed E-state index contributed by atoms with van der Waals surface area (Å²) < 4.78 is 37.7. The third-order valence-corrected chi connectivity index (χ3v) is 3.02. The summed E-state index contributed by atoms with van der Waals surface area (Å²) in [6.45, 7) is 3.54. The molecule has 2 amide bonds. The molecule has 1 aromatic heterocycles. The van der Waals surface area contributed by atoms with Gasteiger partial charge in [0.05, 0.1) is 11.6 Å². The Balaban J connectivity index is 0.000000956. The average Bonchev–Trinajstić information content (AvgIpc) is 2.65. The van der Waals surface area contributed by atoms with E-state index in [2.05, 4.69) is 10.3 Å². The minimum atomic E-state index is -4.44. The summed E-state index contributed by atoms with van der Waals surface area (Å²) >= 11 is 0. The number of halogens is 3. The number of amides is 2. The molecule has 0 bridgehead atoms. The first-order valence-electron chi connectivity index (χ1n) is 5.88. The molecule has 1 saturated heterocycles. The monoisotopic (exact) mass is 291 g/mol. The van der Waals surface area contributed by atoms with Gasteiger partial charge in [0, 0.05) is 19.3 Å². The van der Waals surface area contributed by atoms with Crippen LogP contribution in [-0.2, 0) is 6.18 Å². The van der Waals surface area contributed by atoms with Crippen molar-refractivity contribution < 1.29 is 23.1 Å². The molecule has 2 unspecified atom stereocenters. The highest BCUT2D eigenvalue weighted by molar-refractivity contribution is 5.94. The summed E-state index contributed by atoms with van der Waals surface area (Å²) in [6, 6.07) is 0.962. The summed E-state index contributed by atoms with van der Waals surface area (Å²) in [5.41, 5.74) is -0.813. The smallest absolute Gasteiger partial charge is 0.400 e. The van der Waals surface area contributed by atoms with Gasteiger partial charge >= 0.3 is 12.2 Å². The number of pyridine rings is 1.